The highest BCUT2D eigenvalue weighted by molar-refractivity contribution is 5.41. The second-order valence-electron chi connectivity index (χ2n) is 4.62. The molecule has 0 unspecified atom stereocenters. The molecule has 0 atom stereocenters. The van der Waals surface area contributed by atoms with Crippen molar-refractivity contribution >= 4 is 5.82 Å². The Morgan fingerprint density at radius 1 is 1.44 bits per heavy atom. The Morgan fingerprint density at radius 2 is 2.31 bits per heavy atom. The van der Waals surface area contributed by atoms with Crippen molar-refractivity contribution in [3.8, 4) is 0 Å². The van der Waals surface area contributed by atoms with Crippen molar-refractivity contribution in [2.24, 2.45) is 0 Å². The van der Waals surface area contributed by atoms with Gasteiger partial charge in [0, 0.05) is 19.3 Å². The van der Waals surface area contributed by atoms with Crippen molar-refractivity contribution in [1.29, 1.82) is 0 Å². The van der Waals surface area contributed by atoms with E-state index >= 15 is 0 Å². The molecule has 1 saturated carbocycles. The molecule has 1 aliphatic heterocycles. The van der Waals surface area contributed by atoms with Gasteiger partial charge < -0.3 is 9.64 Å². The van der Waals surface area contributed by atoms with Gasteiger partial charge in [-0.1, -0.05) is 0 Å². The van der Waals surface area contributed by atoms with Crippen LogP contribution in [0.1, 0.15) is 19.3 Å². The molecule has 2 aliphatic rings. The molecule has 0 N–H and O–H groups in total. The van der Waals surface area contributed by atoms with E-state index < -0.39 is 0 Å². The lowest BCUT2D eigenvalue weighted by Crippen LogP contribution is -2.56. The molecule has 0 bridgehead atoms. The summed E-state index contributed by atoms with van der Waals surface area (Å²) in [5.74, 6) is 0.232. The summed E-state index contributed by atoms with van der Waals surface area (Å²) in [5, 5.41) is 0. The Morgan fingerprint density at radius 3 is 3.00 bits per heavy atom. The SMILES string of the molecule is Fc1cccnc1N1CCOC2(CCC2)C1. The van der Waals surface area contributed by atoms with Crippen LogP contribution in [0.3, 0.4) is 0 Å². The Bertz CT molecular complexity index is 392. The molecule has 1 aromatic rings. The summed E-state index contributed by atoms with van der Waals surface area (Å²) in [5.41, 5.74) is -0.0117. The van der Waals surface area contributed by atoms with Gasteiger partial charge in [-0.2, -0.15) is 0 Å². The van der Waals surface area contributed by atoms with Crippen LogP contribution in [0.15, 0.2) is 18.3 Å². The minimum atomic E-state index is -0.237. The van der Waals surface area contributed by atoms with Gasteiger partial charge in [0.05, 0.1) is 12.2 Å². The molecular formula is C12H15FN2O. The highest BCUT2D eigenvalue weighted by atomic mass is 19.1. The third kappa shape index (κ3) is 1.57. The molecule has 16 heavy (non-hydrogen) atoms. The summed E-state index contributed by atoms with van der Waals surface area (Å²) in [6, 6.07) is 3.09. The molecule has 0 aromatic carbocycles. The molecule has 86 valence electrons. The highest BCUT2D eigenvalue weighted by Crippen LogP contribution is 2.39. The first-order valence-electron chi connectivity index (χ1n) is 5.79. The molecule has 0 radical (unpaired) electrons. The summed E-state index contributed by atoms with van der Waals surface area (Å²) in [6.45, 7) is 2.19. The molecule has 0 amide bonds. The van der Waals surface area contributed by atoms with E-state index in [1.807, 2.05) is 4.90 Å². The number of aromatic nitrogens is 1. The van der Waals surface area contributed by atoms with Gasteiger partial charge in [0.15, 0.2) is 11.6 Å². The number of ether oxygens (including phenoxy) is 1. The van der Waals surface area contributed by atoms with E-state index in [4.69, 9.17) is 4.74 Å². The number of hydrogen-bond donors (Lipinski definition) is 0. The second-order valence-corrected chi connectivity index (χ2v) is 4.62. The van der Waals surface area contributed by atoms with Crippen LogP contribution in [-0.2, 0) is 4.74 Å². The fourth-order valence-corrected chi connectivity index (χ4v) is 2.51. The quantitative estimate of drug-likeness (QED) is 0.726. The maximum atomic E-state index is 13.6. The van der Waals surface area contributed by atoms with E-state index in [-0.39, 0.29) is 11.4 Å². The molecular weight excluding hydrogens is 207 g/mol. The van der Waals surface area contributed by atoms with Crippen LogP contribution in [0.5, 0.6) is 0 Å². The molecule has 1 aliphatic carbocycles. The van der Waals surface area contributed by atoms with Crippen molar-refractivity contribution in [3.63, 3.8) is 0 Å². The molecule has 4 heteroatoms. The van der Waals surface area contributed by atoms with Crippen LogP contribution < -0.4 is 4.90 Å². The lowest BCUT2D eigenvalue weighted by Gasteiger charge is -2.48. The van der Waals surface area contributed by atoms with Gasteiger partial charge in [0.2, 0.25) is 0 Å². The molecule has 1 saturated heterocycles. The predicted octanol–water partition coefficient (Wildman–Crippen LogP) is 1.98. The minimum Gasteiger partial charge on any atom is -0.371 e. The molecule has 1 aromatic heterocycles. The van der Waals surface area contributed by atoms with Crippen molar-refractivity contribution in [1.82, 2.24) is 4.98 Å². The van der Waals surface area contributed by atoms with Crippen LogP contribution >= 0.6 is 0 Å². The monoisotopic (exact) mass is 222 g/mol. The van der Waals surface area contributed by atoms with Crippen molar-refractivity contribution < 1.29 is 9.13 Å². The summed E-state index contributed by atoms with van der Waals surface area (Å²) in [7, 11) is 0. The van der Waals surface area contributed by atoms with E-state index in [1.165, 1.54) is 12.5 Å². The van der Waals surface area contributed by atoms with Crippen molar-refractivity contribution in [3.05, 3.63) is 24.1 Å². The number of halogens is 1. The van der Waals surface area contributed by atoms with E-state index in [9.17, 15) is 4.39 Å². The fraction of sp³-hybridized carbons (Fsp3) is 0.583. The molecule has 2 fully saturated rings. The first kappa shape index (κ1) is 10.0. The highest BCUT2D eigenvalue weighted by Gasteiger charge is 2.42. The van der Waals surface area contributed by atoms with Crippen LogP contribution in [-0.4, -0.2) is 30.3 Å². The van der Waals surface area contributed by atoms with Gasteiger partial charge in [-0.05, 0) is 31.4 Å². The number of nitrogens with zero attached hydrogens (tertiary/aromatic N) is 2. The lowest BCUT2D eigenvalue weighted by molar-refractivity contribution is -0.107. The lowest BCUT2D eigenvalue weighted by atomic mass is 9.79. The predicted molar refractivity (Wildman–Crippen MR) is 58.9 cm³/mol. The number of rotatable bonds is 1. The zero-order valence-electron chi connectivity index (χ0n) is 9.16. The molecule has 3 rings (SSSR count). The average Bonchev–Trinajstić information content (AvgIpc) is 2.28. The first-order valence-corrected chi connectivity index (χ1v) is 5.79. The first-order chi connectivity index (χ1) is 7.79. The third-order valence-corrected chi connectivity index (χ3v) is 3.55. The van der Waals surface area contributed by atoms with Crippen molar-refractivity contribution in [2.45, 2.75) is 24.9 Å². The Labute approximate surface area is 94.2 Å². The Hall–Kier alpha value is -1.16. The topological polar surface area (TPSA) is 25.4 Å². The van der Waals surface area contributed by atoms with Gasteiger partial charge in [-0.3, -0.25) is 0 Å². The van der Waals surface area contributed by atoms with Crippen LogP contribution in [0.25, 0.3) is 0 Å². The molecule has 1 spiro atoms. The summed E-state index contributed by atoms with van der Waals surface area (Å²) < 4.78 is 19.4. The third-order valence-electron chi connectivity index (χ3n) is 3.55. The largest absolute Gasteiger partial charge is 0.371 e. The van der Waals surface area contributed by atoms with E-state index in [1.54, 1.807) is 12.3 Å². The Balaban J connectivity index is 1.82. The fourth-order valence-electron chi connectivity index (χ4n) is 2.51. The van der Waals surface area contributed by atoms with Gasteiger partial charge in [-0.25, -0.2) is 9.37 Å². The van der Waals surface area contributed by atoms with Gasteiger partial charge >= 0.3 is 0 Å². The summed E-state index contributed by atoms with van der Waals surface area (Å²) >= 11 is 0. The van der Waals surface area contributed by atoms with Gasteiger partial charge in [-0.15, -0.1) is 0 Å². The van der Waals surface area contributed by atoms with E-state index in [2.05, 4.69) is 4.98 Å². The van der Waals surface area contributed by atoms with Crippen LogP contribution in [0.4, 0.5) is 10.2 Å². The van der Waals surface area contributed by atoms with Gasteiger partial charge in [0.1, 0.15) is 0 Å². The van der Waals surface area contributed by atoms with Crippen LogP contribution in [0, 0.1) is 5.82 Å². The van der Waals surface area contributed by atoms with Crippen LogP contribution in [0.2, 0.25) is 0 Å². The smallest absolute Gasteiger partial charge is 0.165 e. The Kier molecular flexibility index (Phi) is 2.32. The number of hydrogen-bond acceptors (Lipinski definition) is 3. The zero-order valence-corrected chi connectivity index (χ0v) is 9.16. The second kappa shape index (κ2) is 3.70. The van der Waals surface area contributed by atoms with E-state index in [0.717, 1.165) is 25.9 Å². The average molecular weight is 222 g/mol. The zero-order chi connectivity index (χ0) is 11.0. The molecule has 2 heterocycles. The molecule has 3 nitrogen and oxygen atoms in total. The van der Waals surface area contributed by atoms with E-state index in [0.29, 0.717) is 12.4 Å². The number of anilines is 1. The van der Waals surface area contributed by atoms with Crippen molar-refractivity contribution in [2.75, 3.05) is 24.6 Å². The maximum Gasteiger partial charge on any atom is 0.165 e. The minimum absolute atomic E-state index is 0.0117. The van der Waals surface area contributed by atoms with Gasteiger partial charge in [0.25, 0.3) is 0 Å². The standard InChI is InChI=1S/C12H15FN2O/c13-10-3-1-6-14-11(10)15-7-8-16-12(9-15)4-2-5-12/h1,3,6H,2,4-5,7-9H2. The number of morpholine rings is 1. The number of pyridine rings is 1. The summed E-state index contributed by atoms with van der Waals surface area (Å²) in [6.07, 6.45) is 5.05. The normalized spacial score (nSPS) is 23.2. The summed E-state index contributed by atoms with van der Waals surface area (Å²) in [4.78, 5) is 6.13. The maximum absolute atomic E-state index is 13.6.